The van der Waals surface area contributed by atoms with Crippen molar-refractivity contribution in [2.24, 2.45) is 0 Å². The van der Waals surface area contributed by atoms with Crippen molar-refractivity contribution in [1.82, 2.24) is 14.9 Å². The van der Waals surface area contributed by atoms with Crippen LogP contribution in [-0.2, 0) is 0 Å². The van der Waals surface area contributed by atoms with Gasteiger partial charge in [0, 0.05) is 45.0 Å². The van der Waals surface area contributed by atoms with Gasteiger partial charge in [0.25, 0.3) is 5.91 Å². The normalized spacial score (nSPS) is 17.4. The number of rotatable bonds is 4. The van der Waals surface area contributed by atoms with E-state index in [2.05, 4.69) is 25.8 Å². The van der Waals surface area contributed by atoms with Crippen LogP contribution >= 0.6 is 0 Å². The number of nitrogens with zero attached hydrogens (tertiary/aromatic N) is 5. The van der Waals surface area contributed by atoms with Gasteiger partial charge in [-0.05, 0) is 44.4 Å². The second-order valence-electron chi connectivity index (χ2n) is 7.69. The standard InChI is InChI=1S/C22H29N5O2/c1-17-16-18(24-22(23-17)27-10-6-3-7-11-27)21(28)26-14-12-25(13-15-26)19-8-4-5-9-20(19)29-2/h4-5,8-9,16H,3,6-7,10-15H2,1-2H3. The highest BCUT2D eigenvalue weighted by Gasteiger charge is 2.25. The van der Waals surface area contributed by atoms with Gasteiger partial charge in [-0.2, -0.15) is 0 Å². The first kappa shape index (κ1) is 19.5. The maximum Gasteiger partial charge on any atom is 0.272 e. The number of ether oxygens (including phenoxy) is 1. The number of aryl methyl sites for hydroxylation is 1. The van der Waals surface area contributed by atoms with E-state index in [1.807, 2.05) is 36.1 Å². The minimum Gasteiger partial charge on any atom is -0.495 e. The van der Waals surface area contributed by atoms with Crippen LogP contribution in [0.3, 0.4) is 0 Å². The van der Waals surface area contributed by atoms with Crippen molar-refractivity contribution in [1.29, 1.82) is 0 Å². The molecule has 7 heteroatoms. The van der Waals surface area contributed by atoms with Gasteiger partial charge in [-0.1, -0.05) is 12.1 Å². The van der Waals surface area contributed by atoms with Gasteiger partial charge in [0.05, 0.1) is 12.8 Å². The Balaban J connectivity index is 1.45. The molecule has 29 heavy (non-hydrogen) atoms. The molecule has 1 aromatic carbocycles. The van der Waals surface area contributed by atoms with Crippen molar-refractivity contribution in [3.63, 3.8) is 0 Å². The van der Waals surface area contributed by atoms with Crippen LogP contribution < -0.4 is 14.5 Å². The van der Waals surface area contributed by atoms with Crippen molar-refractivity contribution < 1.29 is 9.53 Å². The van der Waals surface area contributed by atoms with Gasteiger partial charge in [-0.3, -0.25) is 4.79 Å². The molecule has 2 aromatic rings. The molecule has 0 spiro atoms. The van der Waals surface area contributed by atoms with Crippen LogP contribution in [0, 0.1) is 6.92 Å². The first-order valence-electron chi connectivity index (χ1n) is 10.4. The number of anilines is 2. The van der Waals surface area contributed by atoms with Gasteiger partial charge in [-0.25, -0.2) is 9.97 Å². The third-order valence-electron chi connectivity index (χ3n) is 5.69. The monoisotopic (exact) mass is 395 g/mol. The van der Waals surface area contributed by atoms with E-state index in [4.69, 9.17) is 4.74 Å². The third-order valence-corrected chi connectivity index (χ3v) is 5.69. The molecule has 0 saturated carbocycles. The number of piperidine rings is 1. The molecule has 0 bridgehead atoms. The number of carbonyl (C=O) groups is 1. The summed E-state index contributed by atoms with van der Waals surface area (Å²) in [5, 5.41) is 0. The Morgan fingerprint density at radius 1 is 0.931 bits per heavy atom. The lowest BCUT2D eigenvalue weighted by molar-refractivity contribution is 0.0740. The SMILES string of the molecule is COc1ccccc1N1CCN(C(=O)c2cc(C)nc(N3CCCCC3)n2)CC1. The molecule has 0 N–H and O–H groups in total. The van der Waals surface area contributed by atoms with Gasteiger partial charge in [0.2, 0.25) is 5.95 Å². The second-order valence-corrected chi connectivity index (χ2v) is 7.69. The largest absolute Gasteiger partial charge is 0.495 e. The fourth-order valence-electron chi connectivity index (χ4n) is 4.10. The summed E-state index contributed by atoms with van der Waals surface area (Å²) in [6.45, 7) is 6.75. The molecular weight excluding hydrogens is 366 g/mol. The molecular formula is C22H29N5O2. The number of para-hydroxylation sites is 2. The zero-order valence-electron chi connectivity index (χ0n) is 17.3. The van der Waals surface area contributed by atoms with Crippen molar-refractivity contribution in [3.05, 3.63) is 41.7 Å². The van der Waals surface area contributed by atoms with E-state index < -0.39 is 0 Å². The molecule has 2 aliphatic rings. The molecule has 4 rings (SSSR count). The van der Waals surface area contributed by atoms with E-state index in [0.717, 1.165) is 56.2 Å². The molecule has 2 saturated heterocycles. The molecule has 3 heterocycles. The van der Waals surface area contributed by atoms with E-state index in [9.17, 15) is 4.79 Å². The maximum absolute atomic E-state index is 13.1. The van der Waals surface area contributed by atoms with Crippen LogP contribution in [0.15, 0.2) is 30.3 Å². The Morgan fingerprint density at radius 3 is 2.38 bits per heavy atom. The van der Waals surface area contributed by atoms with Gasteiger partial charge < -0.3 is 19.4 Å². The van der Waals surface area contributed by atoms with Crippen molar-refractivity contribution in [2.75, 3.05) is 56.2 Å². The first-order valence-corrected chi connectivity index (χ1v) is 10.4. The molecule has 2 fully saturated rings. The van der Waals surface area contributed by atoms with Crippen LogP contribution in [0.1, 0.15) is 35.4 Å². The Kier molecular flexibility index (Phi) is 5.83. The summed E-state index contributed by atoms with van der Waals surface area (Å²) in [5.74, 6) is 1.55. The highest BCUT2D eigenvalue weighted by atomic mass is 16.5. The van der Waals surface area contributed by atoms with E-state index in [1.54, 1.807) is 7.11 Å². The van der Waals surface area contributed by atoms with Crippen LogP contribution in [-0.4, -0.2) is 67.2 Å². The fourth-order valence-corrected chi connectivity index (χ4v) is 4.10. The van der Waals surface area contributed by atoms with Crippen LogP contribution in [0.25, 0.3) is 0 Å². The van der Waals surface area contributed by atoms with Crippen LogP contribution in [0.5, 0.6) is 5.75 Å². The van der Waals surface area contributed by atoms with Crippen molar-refractivity contribution in [3.8, 4) is 5.75 Å². The lowest BCUT2D eigenvalue weighted by Gasteiger charge is -2.36. The fraction of sp³-hybridized carbons (Fsp3) is 0.500. The van der Waals surface area contributed by atoms with Gasteiger partial charge in [0.1, 0.15) is 11.4 Å². The number of piperazine rings is 1. The van der Waals surface area contributed by atoms with Crippen LogP contribution in [0.2, 0.25) is 0 Å². The Labute approximate surface area is 172 Å². The molecule has 0 radical (unpaired) electrons. The summed E-state index contributed by atoms with van der Waals surface area (Å²) >= 11 is 0. The third kappa shape index (κ3) is 4.28. The predicted octanol–water partition coefficient (Wildman–Crippen LogP) is 2.75. The molecule has 2 aliphatic heterocycles. The summed E-state index contributed by atoms with van der Waals surface area (Å²) in [6, 6.07) is 9.83. The zero-order valence-corrected chi connectivity index (χ0v) is 17.3. The molecule has 7 nitrogen and oxygen atoms in total. The number of aromatic nitrogens is 2. The quantitative estimate of drug-likeness (QED) is 0.793. The number of benzene rings is 1. The lowest BCUT2D eigenvalue weighted by Crippen LogP contribution is -2.49. The summed E-state index contributed by atoms with van der Waals surface area (Å²) in [6.07, 6.45) is 3.57. The minimum atomic E-state index is -0.00608. The molecule has 0 atom stereocenters. The number of methoxy groups -OCH3 is 1. The molecule has 1 aromatic heterocycles. The Hall–Kier alpha value is -2.83. The average Bonchev–Trinajstić information content (AvgIpc) is 2.79. The number of hydrogen-bond acceptors (Lipinski definition) is 6. The highest BCUT2D eigenvalue weighted by Crippen LogP contribution is 2.28. The topological polar surface area (TPSA) is 61.8 Å². The smallest absolute Gasteiger partial charge is 0.272 e. The zero-order chi connectivity index (χ0) is 20.2. The van der Waals surface area contributed by atoms with Crippen molar-refractivity contribution >= 4 is 17.5 Å². The molecule has 1 amide bonds. The van der Waals surface area contributed by atoms with E-state index in [0.29, 0.717) is 24.7 Å². The lowest BCUT2D eigenvalue weighted by atomic mass is 10.1. The van der Waals surface area contributed by atoms with Crippen molar-refractivity contribution in [2.45, 2.75) is 26.2 Å². The van der Waals surface area contributed by atoms with E-state index >= 15 is 0 Å². The summed E-state index contributed by atoms with van der Waals surface area (Å²) in [4.78, 5) is 28.7. The Morgan fingerprint density at radius 2 is 1.66 bits per heavy atom. The van der Waals surface area contributed by atoms with Crippen LogP contribution in [0.4, 0.5) is 11.6 Å². The van der Waals surface area contributed by atoms with Gasteiger partial charge in [0.15, 0.2) is 0 Å². The summed E-state index contributed by atoms with van der Waals surface area (Å²) in [7, 11) is 1.69. The first-order chi connectivity index (χ1) is 14.2. The average molecular weight is 396 g/mol. The minimum absolute atomic E-state index is 0.00608. The van der Waals surface area contributed by atoms with E-state index in [1.165, 1.54) is 6.42 Å². The summed E-state index contributed by atoms with van der Waals surface area (Å²) in [5.41, 5.74) is 2.42. The van der Waals surface area contributed by atoms with Gasteiger partial charge in [-0.15, -0.1) is 0 Å². The molecule has 0 aliphatic carbocycles. The predicted molar refractivity (Wildman–Crippen MR) is 114 cm³/mol. The summed E-state index contributed by atoms with van der Waals surface area (Å²) < 4.78 is 5.48. The maximum atomic E-state index is 13.1. The Bertz CT molecular complexity index is 858. The number of carbonyl (C=O) groups excluding carboxylic acids is 1. The highest BCUT2D eigenvalue weighted by molar-refractivity contribution is 5.93. The van der Waals surface area contributed by atoms with Gasteiger partial charge >= 0.3 is 0 Å². The number of hydrogen-bond donors (Lipinski definition) is 0. The second kappa shape index (κ2) is 8.68. The number of amides is 1. The molecule has 0 unspecified atom stereocenters. The molecule has 154 valence electrons. The van der Waals surface area contributed by atoms with E-state index in [-0.39, 0.29) is 5.91 Å².